The van der Waals surface area contributed by atoms with Gasteiger partial charge in [-0.3, -0.25) is 0 Å². The Balaban J connectivity index is -0.00000000500. The van der Waals surface area contributed by atoms with Gasteiger partial charge in [-0.2, -0.15) is 0 Å². The van der Waals surface area contributed by atoms with E-state index in [9.17, 15) is 0 Å². The molecule has 0 unspecified atom stereocenters. The van der Waals surface area contributed by atoms with E-state index in [4.69, 9.17) is 4.70 Å². The molecule has 0 fully saturated rings. The fourth-order valence-corrected chi connectivity index (χ4v) is 0. The zero-order chi connectivity index (χ0) is 2.00. The topological polar surface area (TPSA) is 48.6 Å². The first-order valence-corrected chi connectivity index (χ1v) is 0.289. The first-order valence-electron chi connectivity index (χ1n) is 0.289. The average Bonchev–Trinajstić information content (AvgIpc) is 1.00. The van der Waals surface area contributed by atoms with E-state index in [0.29, 0.717) is 0 Å². The summed E-state index contributed by atoms with van der Waals surface area (Å²) < 4.78 is 8.00. The van der Waals surface area contributed by atoms with Crippen LogP contribution < -0.4 is 0 Å². The fourth-order valence-electron chi connectivity index (χ4n) is 0. The molecule has 0 radical (unpaired) electrons. The van der Waals surface area contributed by atoms with E-state index in [0.717, 1.165) is 0 Å². The van der Waals surface area contributed by atoms with E-state index >= 15 is 0 Å². The molecule has 0 aromatic rings. The molecular formula is H5BMgO2. The van der Waals surface area contributed by atoms with Crippen molar-refractivity contribution >= 4 is 30.8 Å². The molecule has 0 saturated carbocycles. The van der Waals surface area contributed by atoms with Gasteiger partial charge in [0.15, 0.2) is 0 Å². The third-order valence-electron chi connectivity index (χ3n) is 0. The van der Waals surface area contributed by atoms with Gasteiger partial charge < -0.3 is 5.48 Å². The maximum atomic E-state index is 8.00. The molecule has 0 rings (SSSR count). The molecule has 0 amide bonds. The SMILES string of the molecule is B=O.O.[MgH2]. The molecule has 0 aromatic heterocycles. The third kappa shape index (κ3) is 18.8. The smallest absolute Gasteiger partial charge is 0.316 e. The standard InChI is InChI=1S/BHO.Mg.H2O.2H/c1-2;;;;/h1H;;1H2;;. The molecule has 0 spiro atoms. The van der Waals surface area contributed by atoms with Gasteiger partial charge in [-0.05, 0) is 0 Å². The maximum absolute atomic E-state index is 8.00. The Bertz CT molecular complexity index is 6.00. The summed E-state index contributed by atoms with van der Waals surface area (Å²) >= 11 is 0. The van der Waals surface area contributed by atoms with Crippen LogP contribution in [-0.4, -0.2) is 36.2 Å². The Morgan fingerprint density at radius 1 is 1.25 bits per heavy atom. The van der Waals surface area contributed by atoms with Gasteiger partial charge in [0.05, 0.1) is 0 Å². The van der Waals surface area contributed by atoms with Gasteiger partial charge in [-0.1, -0.05) is 0 Å². The molecule has 0 aliphatic carbocycles. The molecule has 0 saturated heterocycles. The van der Waals surface area contributed by atoms with Crippen molar-refractivity contribution in [2.45, 2.75) is 0 Å². The second-order valence-corrected chi connectivity index (χ2v) is 0. The zero-order valence-corrected chi connectivity index (χ0v) is 1.62. The summed E-state index contributed by atoms with van der Waals surface area (Å²) in [5.41, 5.74) is 0. The van der Waals surface area contributed by atoms with Crippen molar-refractivity contribution in [2.75, 3.05) is 0 Å². The van der Waals surface area contributed by atoms with E-state index in [-0.39, 0.29) is 28.5 Å². The van der Waals surface area contributed by atoms with Gasteiger partial charge in [0.25, 0.3) is 0 Å². The molecule has 0 bridgehead atoms. The van der Waals surface area contributed by atoms with Crippen molar-refractivity contribution in [1.29, 1.82) is 0 Å². The van der Waals surface area contributed by atoms with Gasteiger partial charge in [0.1, 0.15) is 0 Å². The summed E-state index contributed by atoms with van der Waals surface area (Å²) in [6.07, 6.45) is 0. The van der Waals surface area contributed by atoms with Crippen LogP contribution in [-0.2, 0) is 4.70 Å². The first-order chi connectivity index (χ1) is 1.00. The minimum Gasteiger partial charge on any atom is -0.412 e. The van der Waals surface area contributed by atoms with Crippen LogP contribution in [0.2, 0.25) is 0 Å². The van der Waals surface area contributed by atoms with Crippen LogP contribution in [0, 0.1) is 0 Å². The van der Waals surface area contributed by atoms with Gasteiger partial charge >= 0.3 is 35.5 Å². The monoisotopic (exact) mass is 72.0 g/mol. The molecule has 0 heterocycles. The Morgan fingerprint density at radius 2 is 1.25 bits per heavy atom. The van der Waals surface area contributed by atoms with E-state index in [2.05, 4.69) is 0 Å². The largest absolute Gasteiger partial charge is 0.412 e. The predicted octanol–water partition coefficient (Wildman–Crippen LogP) is -2.51. The summed E-state index contributed by atoms with van der Waals surface area (Å²) in [6.45, 7) is 0. The minimum atomic E-state index is 0. The molecule has 0 aliphatic heterocycles. The second-order valence-electron chi connectivity index (χ2n) is 0. The van der Waals surface area contributed by atoms with Crippen molar-refractivity contribution in [1.82, 2.24) is 0 Å². The van der Waals surface area contributed by atoms with Crippen LogP contribution in [0.4, 0.5) is 0 Å². The molecule has 2 N–H and O–H groups in total. The van der Waals surface area contributed by atoms with Crippen molar-refractivity contribution in [3.63, 3.8) is 0 Å². The van der Waals surface area contributed by atoms with Crippen LogP contribution in [0.1, 0.15) is 0 Å². The van der Waals surface area contributed by atoms with Gasteiger partial charge in [0.2, 0.25) is 0 Å². The quantitative estimate of drug-likeness (QED) is 0.292. The summed E-state index contributed by atoms with van der Waals surface area (Å²) in [5, 5.41) is 0. The Morgan fingerprint density at radius 3 is 1.25 bits per heavy atom. The molecule has 22 valence electrons. The van der Waals surface area contributed by atoms with Crippen LogP contribution in [0.3, 0.4) is 0 Å². The summed E-state index contributed by atoms with van der Waals surface area (Å²) in [4.78, 5) is 0. The number of rotatable bonds is 0. The number of hydrogen-bond donors (Lipinski definition) is 0. The van der Waals surface area contributed by atoms with E-state index < -0.39 is 0 Å². The van der Waals surface area contributed by atoms with Crippen LogP contribution in [0.25, 0.3) is 0 Å². The van der Waals surface area contributed by atoms with Crippen LogP contribution in [0.5, 0.6) is 0 Å². The molecule has 0 atom stereocenters. The fraction of sp³-hybridized carbons (Fsp3) is 0. The predicted molar refractivity (Wildman–Crippen MR) is 20.0 cm³/mol. The molecule has 0 aromatic carbocycles. The first kappa shape index (κ1) is 23.4. The molecular weight excluding hydrogens is 67.1 g/mol. The Labute approximate surface area is 41.5 Å². The van der Waals surface area contributed by atoms with Crippen LogP contribution >= 0.6 is 0 Å². The number of hydrogen-bond acceptors (Lipinski definition) is 1. The van der Waals surface area contributed by atoms with Crippen molar-refractivity contribution in [3.8, 4) is 0 Å². The van der Waals surface area contributed by atoms with Gasteiger partial charge in [-0.15, -0.1) is 0 Å². The molecule has 4 heavy (non-hydrogen) atoms. The second kappa shape index (κ2) is 69.0. The maximum Gasteiger partial charge on any atom is 0.316 e. The average molecular weight is 72.2 g/mol. The molecule has 2 nitrogen and oxygen atoms in total. The molecule has 0 aliphatic rings. The normalized spacial score (nSPS) is 0.750. The summed E-state index contributed by atoms with van der Waals surface area (Å²) in [5.74, 6) is 0. The van der Waals surface area contributed by atoms with Crippen molar-refractivity contribution < 1.29 is 10.2 Å². The minimum absolute atomic E-state index is 0. The van der Waals surface area contributed by atoms with Gasteiger partial charge in [0, 0.05) is 0 Å². The van der Waals surface area contributed by atoms with E-state index in [1.165, 1.54) is 0 Å². The summed E-state index contributed by atoms with van der Waals surface area (Å²) in [6, 6.07) is 0. The van der Waals surface area contributed by atoms with E-state index in [1.807, 2.05) is 7.72 Å². The van der Waals surface area contributed by atoms with Crippen LogP contribution in [0.15, 0.2) is 0 Å². The van der Waals surface area contributed by atoms with Crippen molar-refractivity contribution in [2.24, 2.45) is 0 Å². The Hall–Kier alpha value is 0.591. The van der Waals surface area contributed by atoms with E-state index in [1.54, 1.807) is 0 Å². The summed E-state index contributed by atoms with van der Waals surface area (Å²) in [7, 11) is 2.00. The zero-order valence-electron chi connectivity index (χ0n) is 1.62. The van der Waals surface area contributed by atoms with Crippen molar-refractivity contribution in [3.05, 3.63) is 0 Å². The third-order valence-corrected chi connectivity index (χ3v) is 0. The van der Waals surface area contributed by atoms with Gasteiger partial charge in [-0.25, -0.2) is 0 Å². The molecule has 4 heteroatoms. The Kier molecular flexibility index (Phi) is 403.